The molecule has 0 aliphatic carbocycles. The molecule has 80 heavy (non-hydrogen) atoms. The summed E-state index contributed by atoms with van der Waals surface area (Å²) in [5.74, 6) is 1.19. The predicted octanol–water partition coefficient (Wildman–Crippen LogP) is 17.7. The first kappa shape index (κ1) is 49.7. The summed E-state index contributed by atoms with van der Waals surface area (Å²) < 4.78 is 16.3. The molecule has 0 N–H and O–H groups in total. The molecule has 0 atom stereocenters. The SMILES string of the molecule is CC(C)(C)c1ccc(-c2nc3cc4c(cc3o2)N(c2ccc(C(C)(C)C)cc2)c2cc(-n3c5ccccc5c5ccccc53)cc3c2B4c2cc4nc(-c5ccc(C(C)(C)C)cc5)oc4cc2N3c2ccc(C(C)(C)C)cc2)cc1. The normalized spacial score (nSPS) is 13.7. The van der Waals surface area contributed by atoms with Crippen LogP contribution in [-0.2, 0) is 21.7 Å². The summed E-state index contributed by atoms with van der Waals surface area (Å²) in [5, 5.41) is 2.42. The maximum absolute atomic E-state index is 6.90. The van der Waals surface area contributed by atoms with Crippen LogP contribution in [0.2, 0.25) is 0 Å². The zero-order valence-electron chi connectivity index (χ0n) is 48.0. The van der Waals surface area contributed by atoms with E-state index in [0.29, 0.717) is 11.8 Å². The summed E-state index contributed by atoms with van der Waals surface area (Å²) in [6.07, 6.45) is 0. The maximum atomic E-state index is 6.90. The van der Waals surface area contributed by atoms with Crippen LogP contribution in [0.15, 0.2) is 191 Å². The van der Waals surface area contributed by atoms with Gasteiger partial charge in [-0.15, -0.1) is 0 Å². The van der Waals surface area contributed by atoms with Gasteiger partial charge in [0.15, 0.2) is 11.2 Å². The van der Waals surface area contributed by atoms with Crippen LogP contribution in [0.3, 0.4) is 0 Å². The molecule has 8 heteroatoms. The van der Waals surface area contributed by atoms with Crippen molar-refractivity contribution in [1.82, 2.24) is 14.5 Å². The van der Waals surface area contributed by atoms with Gasteiger partial charge in [0.2, 0.25) is 11.8 Å². The molecule has 3 aromatic heterocycles. The van der Waals surface area contributed by atoms with Crippen molar-refractivity contribution >= 4 is 101 Å². The topological polar surface area (TPSA) is 63.5 Å². The van der Waals surface area contributed by atoms with E-state index in [2.05, 4.69) is 279 Å². The first-order valence-electron chi connectivity index (χ1n) is 28.2. The standard InChI is InChI=1S/C72H66BN5O2/c1-69(2,3)45-25-21-43(22-26-45)67-74-56-39-54-60(41-64(56)79-67)76(49-33-29-47(30-34-49)71(7,8)9)62-37-51(78-58-19-15-13-17-52(58)53-18-14-16-20-59(53)78)38-63-66(62)73(54)55-40-57-65(80-68(75-57)44-23-27-46(28-24-44)70(4,5)6)42-61(55)77(63)50-35-31-48(32-36-50)72(10,11)12/h13-42H,1-12H3. The summed E-state index contributed by atoms with van der Waals surface area (Å²) in [5.41, 5.74) is 23.1. The quantitative estimate of drug-likeness (QED) is 0.160. The molecule has 0 amide bonds. The summed E-state index contributed by atoms with van der Waals surface area (Å²) >= 11 is 0. The third kappa shape index (κ3) is 8.00. The van der Waals surface area contributed by atoms with Crippen molar-refractivity contribution in [2.45, 2.75) is 105 Å². The number of hydrogen-bond acceptors (Lipinski definition) is 6. The third-order valence-electron chi connectivity index (χ3n) is 16.9. The first-order valence-corrected chi connectivity index (χ1v) is 28.2. The van der Waals surface area contributed by atoms with E-state index in [0.717, 1.165) is 95.1 Å². The van der Waals surface area contributed by atoms with E-state index in [1.807, 2.05) is 0 Å². The predicted molar refractivity (Wildman–Crippen MR) is 336 cm³/mol. The average molecular weight is 1040 g/mol. The molecule has 0 saturated heterocycles. The van der Waals surface area contributed by atoms with Crippen molar-refractivity contribution in [3.8, 4) is 28.6 Å². The van der Waals surface area contributed by atoms with Gasteiger partial charge in [0.05, 0.1) is 16.7 Å². The largest absolute Gasteiger partial charge is 0.436 e. The molecule has 0 bridgehead atoms. The Morgan fingerprint density at radius 1 is 0.362 bits per heavy atom. The highest BCUT2D eigenvalue weighted by Crippen LogP contribution is 2.48. The number of para-hydroxylation sites is 2. The third-order valence-corrected chi connectivity index (χ3v) is 16.9. The van der Waals surface area contributed by atoms with Crippen LogP contribution in [-0.4, -0.2) is 21.2 Å². The second-order valence-corrected chi connectivity index (χ2v) is 26.4. The van der Waals surface area contributed by atoms with Crippen LogP contribution < -0.4 is 26.2 Å². The Labute approximate surface area is 469 Å². The fraction of sp³-hybridized carbons (Fsp3) is 0.222. The van der Waals surface area contributed by atoms with E-state index in [1.54, 1.807) is 0 Å². The Kier molecular flexibility index (Phi) is 10.8. The number of rotatable bonds is 5. The second-order valence-electron chi connectivity index (χ2n) is 26.4. The van der Waals surface area contributed by atoms with Gasteiger partial charge in [0, 0.05) is 68.2 Å². The van der Waals surface area contributed by atoms with E-state index in [1.165, 1.54) is 38.5 Å². The van der Waals surface area contributed by atoms with E-state index in [4.69, 9.17) is 18.8 Å². The second kappa shape index (κ2) is 17.4. The molecular formula is C72H66BN5O2. The minimum absolute atomic E-state index is 0.0152. The zero-order chi connectivity index (χ0) is 55.4. The van der Waals surface area contributed by atoms with Crippen molar-refractivity contribution in [1.29, 1.82) is 0 Å². The number of nitrogens with zero attached hydrogens (tertiary/aromatic N) is 5. The molecule has 7 nitrogen and oxygen atoms in total. The first-order chi connectivity index (χ1) is 38.2. The Morgan fingerprint density at radius 3 is 1.07 bits per heavy atom. The van der Waals surface area contributed by atoms with Crippen molar-refractivity contribution in [3.05, 3.63) is 204 Å². The number of hydrogen-bond donors (Lipinski definition) is 0. The van der Waals surface area contributed by atoms with Crippen LogP contribution in [0.1, 0.15) is 105 Å². The Balaban J connectivity index is 1.09. The van der Waals surface area contributed by atoms with Crippen LogP contribution in [0.4, 0.5) is 34.1 Å². The van der Waals surface area contributed by atoms with Gasteiger partial charge in [-0.05, 0) is 145 Å². The van der Waals surface area contributed by atoms with Gasteiger partial charge in [0.25, 0.3) is 6.71 Å². The van der Waals surface area contributed by atoms with Gasteiger partial charge in [-0.3, -0.25) is 0 Å². The van der Waals surface area contributed by atoms with Crippen LogP contribution in [0.25, 0.3) is 72.6 Å². The number of aromatic nitrogens is 3. The molecule has 0 saturated carbocycles. The van der Waals surface area contributed by atoms with Crippen LogP contribution in [0, 0.1) is 0 Å². The molecule has 14 rings (SSSR count). The number of anilines is 6. The highest BCUT2D eigenvalue weighted by Gasteiger charge is 2.45. The van der Waals surface area contributed by atoms with Crippen LogP contribution >= 0.6 is 0 Å². The maximum Gasteiger partial charge on any atom is 0.252 e. The van der Waals surface area contributed by atoms with Gasteiger partial charge in [-0.25, -0.2) is 9.97 Å². The van der Waals surface area contributed by atoms with E-state index in [-0.39, 0.29) is 28.4 Å². The van der Waals surface area contributed by atoms with Gasteiger partial charge in [-0.1, -0.05) is 168 Å². The minimum atomic E-state index is -0.251. The molecule has 0 fully saturated rings. The molecule has 5 heterocycles. The number of benzene rings is 9. The average Bonchev–Trinajstić information content (AvgIpc) is 4.16. The van der Waals surface area contributed by atoms with Crippen LogP contribution in [0.5, 0.6) is 0 Å². The minimum Gasteiger partial charge on any atom is -0.436 e. The smallest absolute Gasteiger partial charge is 0.252 e. The van der Waals surface area contributed by atoms with Crippen molar-refractivity contribution in [2.75, 3.05) is 9.80 Å². The van der Waals surface area contributed by atoms with E-state index < -0.39 is 0 Å². The summed E-state index contributed by atoms with van der Waals surface area (Å²) in [6.45, 7) is 26.9. The lowest BCUT2D eigenvalue weighted by Gasteiger charge is -2.44. The summed E-state index contributed by atoms with van der Waals surface area (Å²) in [7, 11) is 0. The molecule has 2 aliphatic heterocycles. The molecule has 2 aliphatic rings. The van der Waals surface area contributed by atoms with Crippen molar-refractivity contribution in [3.63, 3.8) is 0 Å². The lowest BCUT2D eigenvalue weighted by Crippen LogP contribution is -2.61. The van der Waals surface area contributed by atoms with E-state index in [9.17, 15) is 0 Å². The Bertz CT molecular complexity index is 4160. The highest BCUT2D eigenvalue weighted by atomic mass is 16.4. The van der Waals surface area contributed by atoms with Gasteiger partial charge >= 0.3 is 0 Å². The lowest BCUT2D eigenvalue weighted by molar-refractivity contribution is 0.589. The lowest BCUT2D eigenvalue weighted by atomic mass is 9.33. The molecular weight excluding hydrogens is 978 g/mol. The fourth-order valence-electron chi connectivity index (χ4n) is 12.4. The summed E-state index contributed by atoms with van der Waals surface area (Å²) in [6, 6.07) is 67.3. The number of oxazole rings is 2. The Morgan fingerprint density at radius 2 is 0.713 bits per heavy atom. The van der Waals surface area contributed by atoms with Gasteiger partial charge in [-0.2, -0.15) is 0 Å². The van der Waals surface area contributed by atoms with Crippen molar-refractivity contribution in [2.24, 2.45) is 0 Å². The zero-order valence-corrected chi connectivity index (χ0v) is 48.0. The molecule has 12 aromatic rings. The molecule has 9 aromatic carbocycles. The summed E-state index contributed by atoms with van der Waals surface area (Å²) in [4.78, 5) is 15.6. The highest BCUT2D eigenvalue weighted by molar-refractivity contribution is 7.00. The monoisotopic (exact) mass is 1040 g/mol. The van der Waals surface area contributed by atoms with Crippen molar-refractivity contribution < 1.29 is 8.83 Å². The fourth-order valence-corrected chi connectivity index (χ4v) is 12.4. The van der Waals surface area contributed by atoms with Gasteiger partial charge in [0.1, 0.15) is 11.0 Å². The Hall–Kier alpha value is -8.62. The molecule has 0 unspecified atom stereocenters. The van der Waals surface area contributed by atoms with Gasteiger partial charge < -0.3 is 23.2 Å². The number of fused-ring (bicyclic) bond motifs is 9. The molecule has 0 spiro atoms. The molecule has 0 radical (unpaired) electrons. The van der Waals surface area contributed by atoms with E-state index >= 15 is 0 Å². The molecule has 394 valence electrons.